The second-order valence-corrected chi connectivity index (χ2v) is 4.54. The van der Waals surface area contributed by atoms with Crippen molar-refractivity contribution in [2.75, 3.05) is 6.61 Å². The predicted octanol–water partition coefficient (Wildman–Crippen LogP) is 2.12. The summed E-state index contributed by atoms with van der Waals surface area (Å²) in [7, 11) is 0. The fourth-order valence-corrected chi connectivity index (χ4v) is 2.39. The first-order valence-electron chi connectivity index (χ1n) is 5.71. The minimum absolute atomic E-state index is 0.0210. The van der Waals surface area contributed by atoms with Crippen LogP contribution in [-0.2, 0) is 6.42 Å². The van der Waals surface area contributed by atoms with Crippen molar-refractivity contribution in [2.24, 2.45) is 5.73 Å². The van der Waals surface area contributed by atoms with Gasteiger partial charge in [-0.2, -0.15) is 0 Å². The van der Waals surface area contributed by atoms with Crippen molar-refractivity contribution < 1.29 is 5.11 Å². The Bertz CT molecular complexity index is 348. The molecule has 2 atom stereocenters. The van der Waals surface area contributed by atoms with E-state index in [-0.39, 0.29) is 12.6 Å². The van der Waals surface area contributed by atoms with Gasteiger partial charge in [-0.05, 0) is 41.9 Å². The summed E-state index contributed by atoms with van der Waals surface area (Å²) < 4.78 is 0. The average Bonchev–Trinajstić information content (AvgIpc) is 2.28. The minimum atomic E-state index is -0.232. The van der Waals surface area contributed by atoms with Crippen LogP contribution in [0.5, 0.6) is 0 Å². The number of aliphatic hydroxyl groups excluding tert-OH is 1. The third-order valence-electron chi connectivity index (χ3n) is 3.41. The van der Waals surface area contributed by atoms with E-state index in [9.17, 15) is 0 Å². The van der Waals surface area contributed by atoms with Gasteiger partial charge >= 0.3 is 0 Å². The molecule has 1 aromatic carbocycles. The first-order chi connectivity index (χ1) is 7.22. The van der Waals surface area contributed by atoms with Gasteiger partial charge in [0.15, 0.2) is 0 Å². The van der Waals surface area contributed by atoms with Gasteiger partial charge in [0.1, 0.15) is 0 Å². The lowest BCUT2D eigenvalue weighted by Gasteiger charge is -2.23. The van der Waals surface area contributed by atoms with E-state index < -0.39 is 0 Å². The predicted molar refractivity (Wildman–Crippen MR) is 61.8 cm³/mol. The van der Waals surface area contributed by atoms with E-state index in [1.165, 1.54) is 30.4 Å². The number of benzene rings is 1. The fourth-order valence-electron chi connectivity index (χ4n) is 2.39. The molecule has 0 radical (unpaired) electrons. The lowest BCUT2D eigenvalue weighted by Crippen LogP contribution is -2.16. The van der Waals surface area contributed by atoms with E-state index in [4.69, 9.17) is 10.8 Å². The highest BCUT2D eigenvalue weighted by molar-refractivity contribution is 5.37. The van der Waals surface area contributed by atoms with Gasteiger partial charge in [0.2, 0.25) is 0 Å². The third kappa shape index (κ3) is 2.06. The maximum atomic E-state index is 9.03. The van der Waals surface area contributed by atoms with Crippen molar-refractivity contribution in [3.8, 4) is 0 Å². The highest BCUT2D eigenvalue weighted by Gasteiger charge is 2.17. The van der Waals surface area contributed by atoms with Crippen LogP contribution in [0.15, 0.2) is 18.2 Å². The molecule has 2 unspecified atom stereocenters. The SMILES string of the molecule is CC1CCCc2ccc(C(N)CO)cc21. The van der Waals surface area contributed by atoms with Gasteiger partial charge in [0.25, 0.3) is 0 Å². The summed E-state index contributed by atoms with van der Waals surface area (Å²) in [6, 6.07) is 6.18. The zero-order valence-corrected chi connectivity index (χ0v) is 9.24. The second kappa shape index (κ2) is 4.33. The summed E-state index contributed by atoms with van der Waals surface area (Å²) >= 11 is 0. The molecule has 2 nitrogen and oxygen atoms in total. The lowest BCUT2D eigenvalue weighted by atomic mass is 9.82. The summed E-state index contributed by atoms with van der Waals surface area (Å²) in [5.74, 6) is 0.639. The summed E-state index contributed by atoms with van der Waals surface area (Å²) in [6.45, 7) is 2.29. The zero-order chi connectivity index (χ0) is 10.8. The van der Waals surface area contributed by atoms with Crippen LogP contribution in [-0.4, -0.2) is 11.7 Å². The summed E-state index contributed by atoms with van der Waals surface area (Å²) in [5.41, 5.74) is 9.78. The molecule has 0 bridgehead atoms. The summed E-state index contributed by atoms with van der Waals surface area (Å²) in [4.78, 5) is 0. The zero-order valence-electron chi connectivity index (χ0n) is 9.24. The van der Waals surface area contributed by atoms with Crippen molar-refractivity contribution in [3.05, 3.63) is 34.9 Å². The van der Waals surface area contributed by atoms with E-state index in [2.05, 4.69) is 25.1 Å². The molecule has 0 spiro atoms. The maximum absolute atomic E-state index is 9.03. The average molecular weight is 205 g/mol. The molecule has 1 aliphatic rings. The Morgan fingerprint density at radius 1 is 1.53 bits per heavy atom. The molecule has 15 heavy (non-hydrogen) atoms. The third-order valence-corrected chi connectivity index (χ3v) is 3.41. The topological polar surface area (TPSA) is 46.2 Å². The normalized spacial score (nSPS) is 22.2. The van der Waals surface area contributed by atoms with Crippen LogP contribution >= 0.6 is 0 Å². The van der Waals surface area contributed by atoms with Crippen molar-refractivity contribution in [1.82, 2.24) is 0 Å². The molecule has 2 heteroatoms. The molecule has 1 aromatic rings. The molecular weight excluding hydrogens is 186 g/mol. The first kappa shape index (κ1) is 10.7. The quantitative estimate of drug-likeness (QED) is 0.777. The Hall–Kier alpha value is -0.860. The van der Waals surface area contributed by atoms with Gasteiger partial charge in [-0.15, -0.1) is 0 Å². The van der Waals surface area contributed by atoms with Gasteiger partial charge in [-0.1, -0.05) is 25.1 Å². The van der Waals surface area contributed by atoms with Crippen LogP contribution in [0.25, 0.3) is 0 Å². The van der Waals surface area contributed by atoms with Crippen LogP contribution < -0.4 is 5.73 Å². The molecule has 0 heterocycles. The highest BCUT2D eigenvalue weighted by Crippen LogP contribution is 2.32. The fraction of sp³-hybridized carbons (Fsp3) is 0.538. The number of rotatable bonds is 2. The Morgan fingerprint density at radius 2 is 2.33 bits per heavy atom. The van der Waals surface area contributed by atoms with Crippen LogP contribution in [0.2, 0.25) is 0 Å². The van der Waals surface area contributed by atoms with Crippen molar-refractivity contribution in [1.29, 1.82) is 0 Å². The number of aliphatic hydroxyl groups is 1. The number of hydrogen-bond acceptors (Lipinski definition) is 2. The number of hydrogen-bond donors (Lipinski definition) is 2. The molecule has 82 valence electrons. The Morgan fingerprint density at radius 3 is 3.07 bits per heavy atom. The van der Waals surface area contributed by atoms with Crippen molar-refractivity contribution >= 4 is 0 Å². The largest absolute Gasteiger partial charge is 0.394 e. The van der Waals surface area contributed by atoms with E-state index in [0.29, 0.717) is 5.92 Å². The molecule has 2 rings (SSSR count). The first-order valence-corrected chi connectivity index (χ1v) is 5.71. The second-order valence-electron chi connectivity index (χ2n) is 4.54. The van der Waals surface area contributed by atoms with Crippen LogP contribution in [0.1, 0.15) is 48.4 Å². The van der Waals surface area contributed by atoms with Gasteiger partial charge in [0, 0.05) is 0 Å². The van der Waals surface area contributed by atoms with Crippen LogP contribution in [0.3, 0.4) is 0 Å². The van der Waals surface area contributed by atoms with Crippen molar-refractivity contribution in [3.63, 3.8) is 0 Å². The van der Waals surface area contributed by atoms with Crippen molar-refractivity contribution in [2.45, 2.75) is 38.1 Å². The van der Waals surface area contributed by atoms with Gasteiger partial charge in [0.05, 0.1) is 12.6 Å². The molecule has 0 saturated heterocycles. The highest BCUT2D eigenvalue weighted by atomic mass is 16.3. The Balaban J connectivity index is 2.35. The molecule has 1 aliphatic carbocycles. The van der Waals surface area contributed by atoms with Gasteiger partial charge in [-0.3, -0.25) is 0 Å². The van der Waals surface area contributed by atoms with E-state index in [1.54, 1.807) is 0 Å². The van der Waals surface area contributed by atoms with Crippen LogP contribution in [0, 0.1) is 0 Å². The molecule has 0 aromatic heterocycles. The molecule has 3 N–H and O–H groups in total. The smallest absolute Gasteiger partial charge is 0.0624 e. The number of nitrogens with two attached hydrogens (primary N) is 1. The molecule has 0 aliphatic heterocycles. The van der Waals surface area contributed by atoms with Crippen LogP contribution in [0.4, 0.5) is 0 Å². The lowest BCUT2D eigenvalue weighted by molar-refractivity contribution is 0.268. The number of aryl methyl sites for hydroxylation is 1. The summed E-state index contributed by atoms with van der Waals surface area (Å²) in [6.07, 6.45) is 3.75. The van der Waals surface area contributed by atoms with E-state index in [0.717, 1.165) is 5.56 Å². The molecule has 0 saturated carbocycles. The molecule has 0 amide bonds. The summed E-state index contributed by atoms with van der Waals surface area (Å²) in [5, 5.41) is 9.03. The Labute approximate surface area is 91.1 Å². The number of fused-ring (bicyclic) bond motifs is 1. The van der Waals surface area contributed by atoms with Gasteiger partial charge < -0.3 is 10.8 Å². The molecule has 0 fully saturated rings. The molecular formula is C13H19NO. The minimum Gasteiger partial charge on any atom is -0.394 e. The standard InChI is InChI=1S/C13H19NO/c1-9-3-2-4-10-5-6-11(7-12(9)10)13(14)8-15/h5-7,9,13,15H,2-4,8,14H2,1H3. The maximum Gasteiger partial charge on any atom is 0.0624 e. The monoisotopic (exact) mass is 205 g/mol. The Kier molecular flexibility index (Phi) is 3.08. The van der Waals surface area contributed by atoms with E-state index >= 15 is 0 Å². The van der Waals surface area contributed by atoms with E-state index in [1.807, 2.05) is 0 Å². The van der Waals surface area contributed by atoms with Gasteiger partial charge in [-0.25, -0.2) is 0 Å².